The van der Waals surface area contributed by atoms with E-state index in [0.29, 0.717) is 6.04 Å². The highest BCUT2D eigenvalue weighted by atomic mass is 32.1. The third-order valence-electron chi connectivity index (χ3n) is 3.46. The van der Waals surface area contributed by atoms with Crippen molar-refractivity contribution in [1.29, 1.82) is 0 Å². The van der Waals surface area contributed by atoms with Crippen LogP contribution in [-0.2, 0) is 13.1 Å². The van der Waals surface area contributed by atoms with Crippen LogP contribution in [0, 0.1) is 0 Å². The molecule has 0 radical (unpaired) electrons. The number of hydrogen-bond acceptors (Lipinski definition) is 4. The minimum atomic E-state index is 0.596. The zero-order valence-electron chi connectivity index (χ0n) is 13.8. The van der Waals surface area contributed by atoms with Gasteiger partial charge in [0.25, 0.3) is 0 Å². The van der Waals surface area contributed by atoms with Gasteiger partial charge in [0.05, 0.1) is 0 Å². The Hall–Kier alpha value is -0.420. The molecule has 0 aromatic carbocycles. The second-order valence-electron chi connectivity index (χ2n) is 5.72. The van der Waals surface area contributed by atoms with E-state index in [1.165, 1.54) is 16.2 Å². The second kappa shape index (κ2) is 9.50. The lowest BCUT2D eigenvalue weighted by molar-refractivity contribution is 0.175. The molecule has 20 heavy (non-hydrogen) atoms. The number of rotatable bonds is 10. The Morgan fingerprint density at radius 2 is 1.90 bits per heavy atom. The van der Waals surface area contributed by atoms with Crippen molar-refractivity contribution >= 4 is 11.3 Å². The van der Waals surface area contributed by atoms with E-state index in [2.05, 4.69) is 62.1 Å². The molecule has 4 heteroatoms. The molecule has 1 atom stereocenters. The van der Waals surface area contributed by atoms with Gasteiger partial charge in [0.15, 0.2) is 0 Å². The molecule has 0 fully saturated rings. The lowest BCUT2D eigenvalue weighted by Gasteiger charge is -2.29. The van der Waals surface area contributed by atoms with E-state index in [1.807, 2.05) is 11.3 Å². The van der Waals surface area contributed by atoms with Crippen LogP contribution >= 0.6 is 11.3 Å². The van der Waals surface area contributed by atoms with Crippen LogP contribution in [0.25, 0.3) is 0 Å². The number of hydrogen-bond donors (Lipinski definition) is 1. The minimum Gasteiger partial charge on any atom is -0.312 e. The average Bonchev–Trinajstić information content (AvgIpc) is 2.83. The summed E-state index contributed by atoms with van der Waals surface area (Å²) in [5.74, 6) is 0. The zero-order chi connectivity index (χ0) is 15.0. The Labute approximate surface area is 129 Å². The van der Waals surface area contributed by atoms with Crippen LogP contribution in [0.5, 0.6) is 0 Å². The fraction of sp³-hybridized carbons (Fsp3) is 0.750. The van der Waals surface area contributed by atoms with Crippen molar-refractivity contribution in [3.63, 3.8) is 0 Å². The Balaban J connectivity index is 2.48. The van der Waals surface area contributed by atoms with Gasteiger partial charge in [0.2, 0.25) is 0 Å². The van der Waals surface area contributed by atoms with Crippen LogP contribution in [0.15, 0.2) is 12.1 Å². The largest absolute Gasteiger partial charge is 0.312 e. The minimum absolute atomic E-state index is 0.596. The van der Waals surface area contributed by atoms with E-state index in [0.717, 1.165) is 32.7 Å². The summed E-state index contributed by atoms with van der Waals surface area (Å²) in [6.07, 6.45) is 1.20. The highest BCUT2D eigenvalue weighted by molar-refractivity contribution is 7.11. The number of nitrogens with zero attached hydrogens (tertiary/aromatic N) is 2. The number of thiophene rings is 1. The topological polar surface area (TPSA) is 18.5 Å². The summed E-state index contributed by atoms with van der Waals surface area (Å²) < 4.78 is 0. The zero-order valence-corrected chi connectivity index (χ0v) is 14.6. The maximum absolute atomic E-state index is 3.47. The predicted molar refractivity (Wildman–Crippen MR) is 90.4 cm³/mol. The summed E-state index contributed by atoms with van der Waals surface area (Å²) in [7, 11) is 4.29. The predicted octanol–water partition coefficient (Wildman–Crippen LogP) is 3.02. The van der Waals surface area contributed by atoms with E-state index < -0.39 is 0 Å². The lowest BCUT2D eigenvalue weighted by atomic mass is 10.2. The quantitative estimate of drug-likeness (QED) is 0.670. The first-order valence-corrected chi connectivity index (χ1v) is 8.55. The van der Waals surface area contributed by atoms with E-state index in [9.17, 15) is 0 Å². The van der Waals surface area contributed by atoms with Crippen LogP contribution in [0.2, 0.25) is 0 Å². The molecule has 1 heterocycles. The van der Waals surface area contributed by atoms with Gasteiger partial charge in [-0.25, -0.2) is 0 Å². The first kappa shape index (κ1) is 17.6. The molecular weight excluding hydrogens is 266 g/mol. The van der Waals surface area contributed by atoms with Crippen molar-refractivity contribution in [1.82, 2.24) is 15.1 Å². The van der Waals surface area contributed by atoms with Crippen LogP contribution in [-0.4, -0.2) is 49.6 Å². The molecule has 1 N–H and O–H groups in total. The van der Waals surface area contributed by atoms with Crippen LogP contribution in [0.3, 0.4) is 0 Å². The number of nitrogens with one attached hydrogen (secondary N) is 1. The summed E-state index contributed by atoms with van der Waals surface area (Å²) in [4.78, 5) is 7.74. The van der Waals surface area contributed by atoms with Gasteiger partial charge in [0, 0.05) is 35.4 Å². The molecule has 0 spiro atoms. The molecule has 0 saturated carbocycles. The maximum atomic E-state index is 3.47. The molecule has 1 aromatic heterocycles. The standard InChI is InChI=1S/C16H31N3S/c1-6-10-17-11-15-8-9-16(20-15)13-19(7-2)14(3)12-18(4)5/h8-9,14,17H,6-7,10-13H2,1-5H3. The van der Waals surface area contributed by atoms with Gasteiger partial charge in [-0.2, -0.15) is 0 Å². The highest BCUT2D eigenvalue weighted by Crippen LogP contribution is 2.19. The summed E-state index contributed by atoms with van der Waals surface area (Å²) in [6, 6.07) is 5.16. The first-order valence-electron chi connectivity index (χ1n) is 7.73. The van der Waals surface area contributed by atoms with Gasteiger partial charge in [0.1, 0.15) is 0 Å². The molecule has 0 aliphatic heterocycles. The Morgan fingerprint density at radius 1 is 1.20 bits per heavy atom. The van der Waals surface area contributed by atoms with Crippen molar-refractivity contribution in [2.24, 2.45) is 0 Å². The van der Waals surface area contributed by atoms with E-state index in [4.69, 9.17) is 0 Å². The number of likely N-dealkylation sites (N-methyl/N-ethyl adjacent to an activating group) is 2. The molecular formula is C16H31N3S. The van der Waals surface area contributed by atoms with Crippen molar-refractivity contribution in [3.8, 4) is 0 Å². The van der Waals surface area contributed by atoms with Gasteiger partial charge in [-0.3, -0.25) is 4.90 Å². The SMILES string of the molecule is CCCNCc1ccc(CN(CC)C(C)CN(C)C)s1. The van der Waals surface area contributed by atoms with Crippen LogP contribution in [0.1, 0.15) is 36.9 Å². The Morgan fingerprint density at radius 3 is 2.50 bits per heavy atom. The van der Waals surface area contributed by atoms with Gasteiger partial charge in [-0.15, -0.1) is 11.3 Å². The average molecular weight is 298 g/mol. The third-order valence-corrected chi connectivity index (χ3v) is 4.53. The van der Waals surface area contributed by atoms with Gasteiger partial charge < -0.3 is 10.2 Å². The summed E-state index contributed by atoms with van der Waals surface area (Å²) in [5, 5.41) is 3.47. The van der Waals surface area contributed by atoms with Crippen molar-refractivity contribution < 1.29 is 0 Å². The van der Waals surface area contributed by atoms with E-state index in [-0.39, 0.29) is 0 Å². The molecule has 0 aliphatic rings. The van der Waals surface area contributed by atoms with Crippen molar-refractivity contribution in [3.05, 3.63) is 21.9 Å². The maximum Gasteiger partial charge on any atom is 0.0331 e. The molecule has 1 rings (SSSR count). The van der Waals surface area contributed by atoms with Gasteiger partial charge in [-0.05, 0) is 52.7 Å². The fourth-order valence-electron chi connectivity index (χ4n) is 2.41. The molecule has 0 bridgehead atoms. The van der Waals surface area contributed by atoms with Crippen molar-refractivity contribution in [2.75, 3.05) is 33.7 Å². The molecule has 3 nitrogen and oxygen atoms in total. The van der Waals surface area contributed by atoms with Crippen LogP contribution in [0.4, 0.5) is 0 Å². The molecule has 0 saturated heterocycles. The molecule has 1 aromatic rings. The molecule has 0 amide bonds. The van der Waals surface area contributed by atoms with Gasteiger partial charge >= 0.3 is 0 Å². The smallest absolute Gasteiger partial charge is 0.0331 e. The monoisotopic (exact) mass is 297 g/mol. The van der Waals surface area contributed by atoms with Crippen LogP contribution < -0.4 is 5.32 Å². The molecule has 1 unspecified atom stereocenters. The second-order valence-corrected chi connectivity index (χ2v) is 6.97. The van der Waals surface area contributed by atoms with Crippen molar-refractivity contribution in [2.45, 2.75) is 46.3 Å². The fourth-order valence-corrected chi connectivity index (χ4v) is 3.43. The summed E-state index contributed by atoms with van der Waals surface area (Å²) in [6.45, 7) is 12.2. The highest BCUT2D eigenvalue weighted by Gasteiger charge is 2.14. The van der Waals surface area contributed by atoms with E-state index in [1.54, 1.807) is 0 Å². The summed E-state index contributed by atoms with van der Waals surface area (Å²) >= 11 is 1.95. The lowest BCUT2D eigenvalue weighted by Crippen LogP contribution is -2.39. The Kier molecular flexibility index (Phi) is 8.38. The Bertz CT molecular complexity index is 362. The first-order chi connectivity index (χ1) is 9.56. The van der Waals surface area contributed by atoms with Gasteiger partial charge in [-0.1, -0.05) is 13.8 Å². The molecule has 116 valence electrons. The normalized spacial score (nSPS) is 13.3. The summed E-state index contributed by atoms with van der Waals surface area (Å²) in [5.41, 5.74) is 0. The molecule has 0 aliphatic carbocycles. The van der Waals surface area contributed by atoms with E-state index >= 15 is 0 Å². The third kappa shape index (κ3) is 6.35.